The lowest BCUT2D eigenvalue weighted by Crippen LogP contribution is -2.47. The van der Waals surface area contributed by atoms with Gasteiger partial charge in [-0.25, -0.2) is 4.98 Å². The average molecular weight is 383 g/mol. The van der Waals surface area contributed by atoms with Gasteiger partial charge in [0.1, 0.15) is 5.82 Å². The van der Waals surface area contributed by atoms with Crippen molar-refractivity contribution in [2.75, 3.05) is 45.2 Å². The smallest absolute Gasteiger partial charge is 0.230 e. The van der Waals surface area contributed by atoms with Gasteiger partial charge in [0.15, 0.2) is 0 Å². The van der Waals surface area contributed by atoms with Crippen LogP contribution < -0.4 is 4.90 Å². The molecule has 2 aliphatic rings. The number of carbonyl (C=O) groups is 1. The minimum Gasteiger partial charge on any atom is -0.355 e. The van der Waals surface area contributed by atoms with E-state index in [-0.39, 0.29) is 11.3 Å². The molecule has 4 heterocycles. The van der Waals surface area contributed by atoms with Crippen molar-refractivity contribution < 1.29 is 4.79 Å². The summed E-state index contributed by atoms with van der Waals surface area (Å²) in [5.41, 5.74) is 0.901. The fourth-order valence-electron chi connectivity index (χ4n) is 4.98. The van der Waals surface area contributed by atoms with Gasteiger partial charge in [0.2, 0.25) is 5.91 Å². The van der Waals surface area contributed by atoms with E-state index < -0.39 is 0 Å². The first-order valence-electron chi connectivity index (χ1n) is 10.1. The Morgan fingerprint density at radius 1 is 1.32 bits per heavy atom. The van der Waals surface area contributed by atoms with Crippen LogP contribution in [0.2, 0.25) is 0 Å². The van der Waals surface area contributed by atoms with E-state index in [1.807, 2.05) is 56.4 Å². The van der Waals surface area contributed by atoms with Gasteiger partial charge in [0.25, 0.3) is 0 Å². The van der Waals surface area contributed by atoms with Gasteiger partial charge in [-0.3, -0.25) is 14.4 Å². The predicted octanol–water partition coefficient (Wildman–Crippen LogP) is 1.62. The first-order valence-corrected chi connectivity index (χ1v) is 10.1. The number of anilines is 1. The van der Waals surface area contributed by atoms with E-state index in [0.29, 0.717) is 5.92 Å². The molecule has 150 valence electrons. The second-order valence-electron chi connectivity index (χ2n) is 8.48. The van der Waals surface area contributed by atoms with Crippen molar-refractivity contribution in [3.8, 4) is 0 Å². The second-order valence-corrected chi connectivity index (χ2v) is 8.48. The molecule has 0 N–H and O–H groups in total. The Kier molecular flexibility index (Phi) is 5.10. The lowest BCUT2D eigenvalue weighted by atomic mass is 9.74. The van der Waals surface area contributed by atoms with Gasteiger partial charge >= 0.3 is 0 Å². The molecule has 1 amide bonds. The minimum atomic E-state index is -0.329. The van der Waals surface area contributed by atoms with Crippen LogP contribution in [0.15, 0.2) is 36.8 Å². The SMILES string of the molecule is CN(C)C(=O)[C@]12CCCN(Cc3cnn(C)c3)C[C@H]1CN(c1ccccn1)C2. The third-order valence-electron chi connectivity index (χ3n) is 6.24. The summed E-state index contributed by atoms with van der Waals surface area (Å²) in [6, 6.07) is 6.01. The summed E-state index contributed by atoms with van der Waals surface area (Å²) >= 11 is 0. The fourth-order valence-corrected chi connectivity index (χ4v) is 4.98. The highest BCUT2D eigenvalue weighted by Crippen LogP contribution is 2.45. The number of aromatic nitrogens is 3. The van der Waals surface area contributed by atoms with Crippen molar-refractivity contribution in [2.24, 2.45) is 18.4 Å². The van der Waals surface area contributed by atoms with E-state index in [1.165, 1.54) is 5.56 Å². The number of pyridine rings is 1. The van der Waals surface area contributed by atoms with Crippen molar-refractivity contribution in [1.82, 2.24) is 24.6 Å². The number of hydrogen-bond donors (Lipinski definition) is 0. The van der Waals surface area contributed by atoms with Crippen LogP contribution in [0.1, 0.15) is 18.4 Å². The predicted molar refractivity (Wildman–Crippen MR) is 109 cm³/mol. The summed E-state index contributed by atoms with van der Waals surface area (Å²) in [6.45, 7) is 4.47. The molecule has 4 rings (SSSR count). The van der Waals surface area contributed by atoms with Crippen molar-refractivity contribution in [1.29, 1.82) is 0 Å². The third kappa shape index (κ3) is 3.51. The van der Waals surface area contributed by atoms with Crippen LogP contribution in [0.4, 0.5) is 5.82 Å². The van der Waals surface area contributed by atoms with Crippen LogP contribution in [0.5, 0.6) is 0 Å². The van der Waals surface area contributed by atoms with Crippen molar-refractivity contribution in [2.45, 2.75) is 19.4 Å². The highest BCUT2D eigenvalue weighted by molar-refractivity contribution is 5.84. The number of hydrogen-bond acceptors (Lipinski definition) is 5. The molecule has 0 spiro atoms. The Bertz CT molecular complexity index is 819. The summed E-state index contributed by atoms with van der Waals surface area (Å²) in [7, 11) is 5.72. The van der Waals surface area contributed by atoms with Crippen LogP contribution in [0.3, 0.4) is 0 Å². The summed E-state index contributed by atoms with van der Waals surface area (Å²) < 4.78 is 1.85. The average Bonchev–Trinajstić information content (AvgIpc) is 3.21. The second kappa shape index (κ2) is 7.54. The van der Waals surface area contributed by atoms with Crippen molar-refractivity contribution >= 4 is 11.7 Å². The van der Waals surface area contributed by atoms with E-state index in [4.69, 9.17) is 0 Å². The molecular weight excluding hydrogens is 352 g/mol. The van der Waals surface area contributed by atoms with Gasteiger partial charge in [-0.15, -0.1) is 0 Å². The summed E-state index contributed by atoms with van der Waals surface area (Å²) in [5, 5.41) is 4.30. The summed E-state index contributed by atoms with van der Waals surface area (Å²) in [4.78, 5) is 24.5. The molecule has 2 fully saturated rings. The number of aryl methyl sites for hydroxylation is 1. The maximum Gasteiger partial charge on any atom is 0.230 e. The van der Waals surface area contributed by atoms with Gasteiger partial charge in [-0.1, -0.05) is 6.07 Å². The molecule has 0 saturated carbocycles. The van der Waals surface area contributed by atoms with Crippen LogP contribution in [0, 0.1) is 11.3 Å². The molecule has 0 radical (unpaired) electrons. The van der Waals surface area contributed by atoms with Crippen LogP contribution in [-0.2, 0) is 18.4 Å². The standard InChI is InChI=1S/C21H30N6O/c1-24(2)20(28)21-8-6-10-26(13-17-11-23-25(3)12-17)14-18(21)15-27(16-21)19-7-4-5-9-22-19/h4-5,7,9,11-12,18H,6,8,10,13-16H2,1-3H3/t18-,21-/m0/s1. The zero-order chi connectivity index (χ0) is 19.7. The zero-order valence-corrected chi connectivity index (χ0v) is 17.1. The molecule has 0 bridgehead atoms. The lowest BCUT2D eigenvalue weighted by molar-refractivity contribution is -0.141. The number of fused-ring (bicyclic) bond motifs is 1. The van der Waals surface area contributed by atoms with Crippen LogP contribution in [-0.4, -0.2) is 70.7 Å². The number of amides is 1. The molecule has 2 aromatic rings. The topological polar surface area (TPSA) is 57.5 Å². The third-order valence-corrected chi connectivity index (χ3v) is 6.24. The Labute approximate surface area is 166 Å². The van der Waals surface area contributed by atoms with Gasteiger partial charge in [0.05, 0.1) is 11.6 Å². The molecule has 2 aliphatic heterocycles. The van der Waals surface area contributed by atoms with Gasteiger partial charge in [0, 0.05) is 71.2 Å². The fraction of sp³-hybridized carbons (Fsp3) is 0.571. The first kappa shape index (κ1) is 18.9. The zero-order valence-electron chi connectivity index (χ0n) is 17.1. The molecule has 0 aromatic carbocycles. The van der Waals surface area contributed by atoms with Gasteiger partial charge in [-0.05, 0) is 31.5 Å². The Morgan fingerprint density at radius 3 is 2.86 bits per heavy atom. The van der Waals surface area contributed by atoms with Gasteiger partial charge in [-0.2, -0.15) is 5.10 Å². The Hall–Kier alpha value is -2.41. The van der Waals surface area contributed by atoms with E-state index >= 15 is 0 Å². The highest BCUT2D eigenvalue weighted by Gasteiger charge is 2.53. The molecule has 7 nitrogen and oxygen atoms in total. The summed E-state index contributed by atoms with van der Waals surface area (Å²) in [6.07, 6.45) is 7.82. The van der Waals surface area contributed by atoms with E-state index in [9.17, 15) is 4.79 Å². The van der Waals surface area contributed by atoms with Crippen molar-refractivity contribution in [3.05, 3.63) is 42.4 Å². The minimum absolute atomic E-state index is 0.263. The quantitative estimate of drug-likeness (QED) is 0.804. The Balaban J connectivity index is 1.59. The maximum absolute atomic E-state index is 13.3. The first-order chi connectivity index (χ1) is 13.5. The molecule has 0 unspecified atom stereocenters. The summed E-state index contributed by atoms with van der Waals surface area (Å²) in [5.74, 6) is 1.53. The van der Waals surface area contributed by atoms with Crippen LogP contribution >= 0.6 is 0 Å². The number of carbonyl (C=O) groups excluding carboxylic acids is 1. The largest absolute Gasteiger partial charge is 0.355 e. The van der Waals surface area contributed by atoms with Gasteiger partial charge < -0.3 is 9.80 Å². The van der Waals surface area contributed by atoms with E-state index in [0.717, 1.165) is 51.4 Å². The normalized spacial score (nSPS) is 25.4. The Morgan fingerprint density at radius 2 is 2.18 bits per heavy atom. The van der Waals surface area contributed by atoms with Crippen LogP contribution in [0.25, 0.3) is 0 Å². The lowest BCUT2D eigenvalue weighted by Gasteiger charge is -2.34. The molecular formula is C21H30N6O. The van der Waals surface area contributed by atoms with E-state index in [2.05, 4.69) is 26.1 Å². The number of likely N-dealkylation sites (tertiary alicyclic amines) is 1. The number of rotatable bonds is 4. The molecule has 2 atom stereocenters. The van der Waals surface area contributed by atoms with E-state index in [1.54, 1.807) is 4.90 Å². The molecule has 0 aliphatic carbocycles. The maximum atomic E-state index is 13.3. The molecule has 7 heteroatoms. The van der Waals surface area contributed by atoms with Crippen molar-refractivity contribution in [3.63, 3.8) is 0 Å². The monoisotopic (exact) mass is 382 g/mol. The molecule has 2 saturated heterocycles. The molecule has 28 heavy (non-hydrogen) atoms. The highest BCUT2D eigenvalue weighted by atomic mass is 16.2. The number of nitrogens with zero attached hydrogens (tertiary/aromatic N) is 6. The molecule has 2 aromatic heterocycles.